The summed E-state index contributed by atoms with van der Waals surface area (Å²) in [6.07, 6.45) is 0. The summed E-state index contributed by atoms with van der Waals surface area (Å²) in [5.74, 6) is 0.770. The van der Waals surface area contributed by atoms with Gasteiger partial charge in [-0.3, -0.25) is 14.9 Å². The highest BCUT2D eigenvalue weighted by Gasteiger charge is 2.12. The van der Waals surface area contributed by atoms with Crippen LogP contribution in [0.3, 0.4) is 0 Å². The van der Waals surface area contributed by atoms with E-state index in [4.69, 9.17) is 9.47 Å². The van der Waals surface area contributed by atoms with E-state index in [1.54, 1.807) is 57.4 Å². The molecule has 2 aromatic rings. The number of benzene rings is 2. The molecule has 2 aromatic carbocycles. The Kier molecular flexibility index (Phi) is 6.26. The van der Waals surface area contributed by atoms with Crippen LogP contribution in [0.2, 0.25) is 0 Å². The highest BCUT2D eigenvalue weighted by molar-refractivity contribution is 5.99. The van der Waals surface area contributed by atoms with Crippen LogP contribution >= 0.6 is 0 Å². The van der Waals surface area contributed by atoms with Gasteiger partial charge in [-0.05, 0) is 38.1 Å². The van der Waals surface area contributed by atoms with E-state index in [0.29, 0.717) is 28.3 Å². The van der Waals surface area contributed by atoms with E-state index in [1.165, 1.54) is 6.07 Å². The van der Waals surface area contributed by atoms with Gasteiger partial charge in [0.1, 0.15) is 11.5 Å². The lowest BCUT2D eigenvalue weighted by atomic mass is 10.1. The Bertz CT molecular complexity index is 831. The normalized spacial score (nSPS) is 11.0. The third kappa shape index (κ3) is 5.04. The van der Waals surface area contributed by atoms with Gasteiger partial charge < -0.3 is 9.47 Å². The van der Waals surface area contributed by atoms with Crippen molar-refractivity contribution < 1.29 is 19.2 Å². The maximum atomic E-state index is 11.8. The Balaban J connectivity index is 1.94. The molecule has 0 fully saturated rings. The molecule has 8 heteroatoms. The molecule has 0 aliphatic carbocycles. The highest BCUT2D eigenvalue weighted by Crippen LogP contribution is 2.19. The first-order valence-electron chi connectivity index (χ1n) is 7.76. The first-order valence-corrected chi connectivity index (χ1v) is 7.76. The lowest BCUT2D eigenvalue weighted by molar-refractivity contribution is -0.385. The standard InChI is InChI=1S/C18H19N3O5/c1-12-4-5-14(10-17(12)21(23)24)13(2)19-20-18(22)11-26-16-8-6-15(25-3)7-9-16/h4-10H,11H2,1-3H3,(H,20,22)/b19-13+. The zero-order valence-corrected chi connectivity index (χ0v) is 14.7. The van der Waals surface area contributed by atoms with Gasteiger partial charge in [-0.15, -0.1) is 0 Å². The fraction of sp³-hybridized carbons (Fsp3) is 0.222. The molecule has 1 N–H and O–H groups in total. The summed E-state index contributed by atoms with van der Waals surface area (Å²) < 4.78 is 10.4. The van der Waals surface area contributed by atoms with Crippen LogP contribution in [0.25, 0.3) is 0 Å². The largest absolute Gasteiger partial charge is 0.497 e. The van der Waals surface area contributed by atoms with Gasteiger partial charge in [-0.2, -0.15) is 5.10 Å². The zero-order valence-electron chi connectivity index (χ0n) is 14.7. The molecule has 0 aliphatic heterocycles. The van der Waals surface area contributed by atoms with Crippen molar-refractivity contribution in [3.63, 3.8) is 0 Å². The van der Waals surface area contributed by atoms with E-state index in [1.807, 2.05) is 0 Å². The lowest BCUT2D eigenvalue weighted by Crippen LogP contribution is -2.25. The monoisotopic (exact) mass is 357 g/mol. The summed E-state index contributed by atoms with van der Waals surface area (Å²) in [6.45, 7) is 3.10. The van der Waals surface area contributed by atoms with E-state index in [9.17, 15) is 14.9 Å². The smallest absolute Gasteiger partial charge is 0.277 e. The number of hydrogen-bond donors (Lipinski definition) is 1. The summed E-state index contributed by atoms with van der Waals surface area (Å²) in [4.78, 5) is 22.4. The lowest BCUT2D eigenvalue weighted by Gasteiger charge is -2.07. The van der Waals surface area contributed by atoms with Gasteiger partial charge >= 0.3 is 0 Å². The Morgan fingerprint density at radius 2 is 1.85 bits per heavy atom. The second-order valence-corrected chi connectivity index (χ2v) is 5.45. The van der Waals surface area contributed by atoms with Gasteiger partial charge in [0.15, 0.2) is 6.61 Å². The van der Waals surface area contributed by atoms with Crippen LogP contribution in [0.4, 0.5) is 5.69 Å². The molecule has 0 aliphatic rings. The summed E-state index contributed by atoms with van der Waals surface area (Å²) in [7, 11) is 1.56. The van der Waals surface area contributed by atoms with Gasteiger partial charge in [-0.25, -0.2) is 5.43 Å². The molecule has 0 saturated heterocycles. The number of amides is 1. The van der Waals surface area contributed by atoms with Crippen LogP contribution < -0.4 is 14.9 Å². The van der Waals surface area contributed by atoms with Crippen molar-refractivity contribution in [3.05, 3.63) is 63.7 Å². The number of ether oxygens (including phenoxy) is 2. The summed E-state index contributed by atoms with van der Waals surface area (Å²) >= 11 is 0. The van der Waals surface area contributed by atoms with E-state index in [0.717, 1.165) is 0 Å². The van der Waals surface area contributed by atoms with Crippen molar-refractivity contribution in [1.29, 1.82) is 0 Å². The number of rotatable bonds is 7. The van der Waals surface area contributed by atoms with E-state index < -0.39 is 10.8 Å². The average molecular weight is 357 g/mol. The van der Waals surface area contributed by atoms with Gasteiger partial charge in [0.25, 0.3) is 11.6 Å². The number of nitrogens with zero attached hydrogens (tertiary/aromatic N) is 2. The second kappa shape index (κ2) is 8.61. The number of aryl methyl sites for hydroxylation is 1. The molecule has 0 radical (unpaired) electrons. The molecular formula is C18H19N3O5. The van der Waals surface area contributed by atoms with Crippen molar-refractivity contribution in [2.45, 2.75) is 13.8 Å². The molecule has 0 aromatic heterocycles. The quantitative estimate of drug-likeness (QED) is 0.466. The third-order valence-corrected chi connectivity index (χ3v) is 3.60. The molecule has 0 bridgehead atoms. The molecule has 0 atom stereocenters. The molecule has 136 valence electrons. The fourth-order valence-electron chi connectivity index (χ4n) is 2.10. The Morgan fingerprint density at radius 1 is 1.19 bits per heavy atom. The summed E-state index contributed by atoms with van der Waals surface area (Å²) in [6, 6.07) is 11.6. The van der Waals surface area contributed by atoms with E-state index in [-0.39, 0.29) is 12.3 Å². The number of nitro benzene ring substituents is 1. The van der Waals surface area contributed by atoms with Gasteiger partial charge in [0.2, 0.25) is 0 Å². The first kappa shape index (κ1) is 18.9. The fourth-order valence-corrected chi connectivity index (χ4v) is 2.10. The summed E-state index contributed by atoms with van der Waals surface area (Å²) in [5.41, 5.74) is 3.94. The molecule has 0 spiro atoms. The minimum Gasteiger partial charge on any atom is -0.497 e. The van der Waals surface area contributed by atoms with E-state index in [2.05, 4.69) is 10.5 Å². The predicted octanol–water partition coefficient (Wildman–Crippen LogP) is 2.83. The number of carbonyl (C=O) groups is 1. The molecule has 26 heavy (non-hydrogen) atoms. The second-order valence-electron chi connectivity index (χ2n) is 5.45. The predicted molar refractivity (Wildman–Crippen MR) is 96.7 cm³/mol. The number of nitro groups is 1. The number of nitrogens with one attached hydrogen (secondary N) is 1. The van der Waals surface area contributed by atoms with Crippen LogP contribution in [0, 0.1) is 17.0 Å². The Labute approximate surface area is 150 Å². The maximum Gasteiger partial charge on any atom is 0.277 e. The SMILES string of the molecule is COc1ccc(OCC(=O)N/N=C(\C)c2ccc(C)c([N+](=O)[O-])c2)cc1. The van der Waals surface area contributed by atoms with Crippen LogP contribution in [0.5, 0.6) is 11.5 Å². The molecule has 8 nitrogen and oxygen atoms in total. The summed E-state index contributed by atoms with van der Waals surface area (Å²) in [5, 5.41) is 15.0. The molecule has 2 rings (SSSR count). The number of methoxy groups -OCH3 is 1. The maximum absolute atomic E-state index is 11.8. The molecule has 0 heterocycles. The highest BCUT2D eigenvalue weighted by atomic mass is 16.6. The van der Waals surface area contributed by atoms with Crippen LogP contribution in [-0.4, -0.2) is 30.3 Å². The van der Waals surface area contributed by atoms with Crippen molar-refractivity contribution in [2.75, 3.05) is 13.7 Å². The van der Waals surface area contributed by atoms with Crippen molar-refractivity contribution >= 4 is 17.3 Å². The minimum atomic E-state index is -0.451. The number of carbonyl (C=O) groups excluding carboxylic acids is 1. The van der Waals surface area contributed by atoms with Crippen molar-refractivity contribution in [3.8, 4) is 11.5 Å². The van der Waals surface area contributed by atoms with Crippen LogP contribution in [-0.2, 0) is 4.79 Å². The molecule has 1 amide bonds. The number of hydrogen-bond acceptors (Lipinski definition) is 6. The average Bonchev–Trinajstić information content (AvgIpc) is 2.64. The van der Waals surface area contributed by atoms with Crippen molar-refractivity contribution in [1.82, 2.24) is 5.43 Å². The van der Waals surface area contributed by atoms with Crippen molar-refractivity contribution in [2.24, 2.45) is 5.10 Å². The van der Waals surface area contributed by atoms with E-state index >= 15 is 0 Å². The van der Waals surface area contributed by atoms with Crippen LogP contribution in [0.15, 0.2) is 47.6 Å². The van der Waals surface area contributed by atoms with Gasteiger partial charge in [0, 0.05) is 17.2 Å². The van der Waals surface area contributed by atoms with Gasteiger partial charge in [-0.1, -0.05) is 12.1 Å². The third-order valence-electron chi connectivity index (χ3n) is 3.60. The number of hydrazone groups is 1. The Hall–Kier alpha value is -3.42. The van der Waals surface area contributed by atoms with Gasteiger partial charge in [0.05, 0.1) is 17.7 Å². The zero-order chi connectivity index (χ0) is 19.1. The topological polar surface area (TPSA) is 103 Å². The molecule has 0 unspecified atom stereocenters. The molecule has 0 saturated carbocycles. The van der Waals surface area contributed by atoms with Crippen LogP contribution in [0.1, 0.15) is 18.1 Å². The minimum absolute atomic E-state index is 0.00576. The first-order chi connectivity index (χ1) is 12.4. The molecular weight excluding hydrogens is 338 g/mol. The Morgan fingerprint density at radius 3 is 2.46 bits per heavy atom.